The summed E-state index contributed by atoms with van der Waals surface area (Å²) >= 11 is 0. The number of urea groups is 1. The predicted molar refractivity (Wildman–Crippen MR) is 81.5 cm³/mol. The molecule has 2 unspecified atom stereocenters. The van der Waals surface area contributed by atoms with E-state index in [1.807, 2.05) is 0 Å². The topological polar surface area (TPSA) is 124 Å². The maximum absolute atomic E-state index is 11.9. The smallest absolute Gasteiger partial charge is 0.390 e. The lowest BCUT2D eigenvalue weighted by atomic mass is 10.1. The van der Waals surface area contributed by atoms with E-state index in [9.17, 15) is 37.5 Å². The standard InChI is InChI=1S/C8H15N3O4.C6H3F4NO/c1-5(12)9-10-8(15)11-3-2-6(13)7(14)4-11;7-6(8,9)4-2-1-3-5(11-4)12-10/h6-7,13-14H,2-4H2,1H3,(H,9,12)(H,10,15);1-3H. The first-order chi connectivity index (χ1) is 12.5. The molecular weight excluding hydrogens is 380 g/mol. The molecule has 0 bridgehead atoms. The highest BCUT2D eigenvalue weighted by Gasteiger charge is 2.32. The van der Waals surface area contributed by atoms with Crippen molar-refractivity contribution in [2.75, 3.05) is 13.1 Å². The second kappa shape index (κ2) is 9.87. The maximum atomic E-state index is 11.9. The summed E-state index contributed by atoms with van der Waals surface area (Å²) in [6, 6.07) is 2.22. The van der Waals surface area contributed by atoms with Crippen LogP contribution in [0.3, 0.4) is 0 Å². The van der Waals surface area contributed by atoms with Crippen LogP contribution in [0.5, 0.6) is 5.88 Å². The van der Waals surface area contributed by atoms with E-state index in [4.69, 9.17) is 0 Å². The third-order valence-corrected chi connectivity index (χ3v) is 3.27. The Balaban J connectivity index is 0.000000277. The van der Waals surface area contributed by atoms with Crippen molar-refractivity contribution in [2.45, 2.75) is 31.7 Å². The minimum atomic E-state index is -4.57. The van der Waals surface area contributed by atoms with Gasteiger partial charge in [0.05, 0.1) is 18.8 Å². The lowest BCUT2D eigenvalue weighted by Crippen LogP contribution is -2.55. The van der Waals surface area contributed by atoms with Gasteiger partial charge in [-0.3, -0.25) is 15.2 Å². The Morgan fingerprint density at radius 2 is 1.93 bits per heavy atom. The molecule has 0 saturated carbocycles. The van der Waals surface area contributed by atoms with Gasteiger partial charge in [-0.2, -0.15) is 13.2 Å². The summed E-state index contributed by atoms with van der Waals surface area (Å²) in [6.45, 7) is 1.69. The Hall–Kier alpha value is -2.67. The molecule has 9 nitrogen and oxygen atoms in total. The molecule has 2 atom stereocenters. The van der Waals surface area contributed by atoms with Crippen LogP contribution in [-0.2, 0) is 11.0 Å². The van der Waals surface area contributed by atoms with Crippen LogP contribution < -0.4 is 15.8 Å². The van der Waals surface area contributed by atoms with Crippen molar-refractivity contribution >= 4 is 11.9 Å². The highest BCUT2D eigenvalue weighted by Crippen LogP contribution is 2.28. The molecule has 152 valence electrons. The second-order valence-electron chi connectivity index (χ2n) is 5.42. The molecule has 1 aliphatic rings. The molecule has 13 heteroatoms. The number of aromatic nitrogens is 1. The molecular formula is C14H18F4N4O5. The zero-order valence-corrected chi connectivity index (χ0v) is 14.0. The van der Waals surface area contributed by atoms with Crippen LogP contribution in [0.25, 0.3) is 0 Å². The first kappa shape index (κ1) is 22.4. The average molecular weight is 398 g/mol. The summed E-state index contributed by atoms with van der Waals surface area (Å²) in [5, 5.41) is 18.5. The van der Waals surface area contributed by atoms with Gasteiger partial charge in [0.25, 0.3) is 5.88 Å². The highest BCUT2D eigenvalue weighted by atomic mass is 19.4. The minimum absolute atomic E-state index is 0.0621. The zero-order valence-electron chi connectivity index (χ0n) is 14.0. The van der Waals surface area contributed by atoms with Gasteiger partial charge in [-0.15, -0.1) is 0 Å². The number of alkyl halides is 3. The molecule has 1 saturated heterocycles. The third kappa shape index (κ3) is 7.62. The summed E-state index contributed by atoms with van der Waals surface area (Å²) in [7, 11) is 0. The lowest BCUT2D eigenvalue weighted by Gasteiger charge is -2.33. The van der Waals surface area contributed by atoms with Gasteiger partial charge in [-0.1, -0.05) is 6.07 Å². The Morgan fingerprint density at radius 1 is 1.26 bits per heavy atom. The monoisotopic (exact) mass is 398 g/mol. The summed E-state index contributed by atoms with van der Waals surface area (Å²) in [4.78, 5) is 29.1. The fourth-order valence-electron chi connectivity index (χ4n) is 1.94. The largest absolute Gasteiger partial charge is 0.433 e. The summed E-state index contributed by atoms with van der Waals surface area (Å²) in [5.74, 6) is -1.08. The molecule has 1 aromatic rings. The van der Waals surface area contributed by atoms with Gasteiger partial charge in [0.1, 0.15) is 5.69 Å². The van der Waals surface area contributed by atoms with E-state index in [1.165, 1.54) is 11.8 Å². The predicted octanol–water partition coefficient (Wildman–Crippen LogP) is 0.538. The van der Waals surface area contributed by atoms with Crippen molar-refractivity contribution < 1.29 is 42.4 Å². The maximum Gasteiger partial charge on any atom is 0.433 e. The molecule has 2 heterocycles. The molecule has 0 aromatic carbocycles. The SMILES string of the molecule is CC(=O)NNC(=O)N1CCC(O)C(O)C1.FOc1cccc(C(F)(F)F)n1. The van der Waals surface area contributed by atoms with Gasteiger partial charge in [-0.25, -0.2) is 15.2 Å². The number of β-amino-alcohol motifs (C(OH)–C–C–N with tert-alkyl or cyclic N) is 1. The number of nitrogens with zero attached hydrogens (tertiary/aromatic N) is 2. The van der Waals surface area contributed by atoms with Gasteiger partial charge in [0.15, 0.2) is 0 Å². The van der Waals surface area contributed by atoms with E-state index < -0.39 is 36.0 Å². The van der Waals surface area contributed by atoms with Crippen molar-refractivity contribution in [3.05, 3.63) is 23.9 Å². The zero-order chi connectivity index (χ0) is 20.6. The summed E-state index contributed by atoms with van der Waals surface area (Å²) in [5.41, 5.74) is 3.14. The number of rotatable bonds is 1. The van der Waals surface area contributed by atoms with Gasteiger partial charge >= 0.3 is 12.2 Å². The first-order valence-electron chi connectivity index (χ1n) is 7.55. The van der Waals surface area contributed by atoms with E-state index >= 15 is 0 Å². The number of likely N-dealkylation sites (tertiary alicyclic amines) is 1. The van der Waals surface area contributed by atoms with E-state index in [0.717, 1.165) is 18.2 Å². The van der Waals surface area contributed by atoms with Gasteiger partial charge in [-0.05, 0) is 12.5 Å². The van der Waals surface area contributed by atoms with Gasteiger partial charge in [0.2, 0.25) is 5.91 Å². The Bertz CT molecular complexity index is 646. The van der Waals surface area contributed by atoms with E-state index in [0.29, 0.717) is 13.0 Å². The molecule has 1 aliphatic heterocycles. The summed E-state index contributed by atoms with van der Waals surface area (Å²) < 4.78 is 47.0. The van der Waals surface area contributed by atoms with Crippen LogP contribution in [-0.4, -0.2) is 57.3 Å². The number of amides is 3. The highest BCUT2D eigenvalue weighted by molar-refractivity contribution is 5.79. The molecule has 2 rings (SSSR count). The van der Waals surface area contributed by atoms with Crippen molar-refractivity contribution in [3.8, 4) is 5.88 Å². The number of carbonyl (C=O) groups excluding carboxylic acids is 2. The fourth-order valence-corrected chi connectivity index (χ4v) is 1.94. The number of halogens is 4. The lowest BCUT2D eigenvalue weighted by molar-refractivity contribution is -0.142. The molecule has 27 heavy (non-hydrogen) atoms. The number of hydrogen-bond donors (Lipinski definition) is 4. The molecule has 0 aliphatic carbocycles. The number of aliphatic hydroxyl groups excluding tert-OH is 2. The van der Waals surface area contributed by atoms with E-state index in [-0.39, 0.29) is 12.5 Å². The first-order valence-corrected chi connectivity index (χ1v) is 7.55. The van der Waals surface area contributed by atoms with E-state index in [2.05, 4.69) is 20.8 Å². The van der Waals surface area contributed by atoms with E-state index in [1.54, 1.807) is 0 Å². The van der Waals surface area contributed by atoms with Crippen molar-refractivity contribution in [1.29, 1.82) is 0 Å². The number of carbonyl (C=O) groups is 2. The minimum Gasteiger partial charge on any atom is -0.390 e. The Kier molecular flexibility index (Phi) is 8.18. The number of piperidine rings is 1. The third-order valence-electron chi connectivity index (χ3n) is 3.27. The fraction of sp³-hybridized carbons (Fsp3) is 0.500. The average Bonchev–Trinajstić information content (AvgIpc) is 2.61. The normalized spacial score (nSPS) is 19.4. The van der Waals surface area contributed by atoms with Crippen molar-refractivity contribution in [2.24, 2.45) is 0 Å². The Labute approximate surface area is 150 Å². The quantitative estimate of drug-likeness (QED) is 0.404. The van der Waals surface area contributed by atoms with Crippen LogP contribution in [0, 0.1) is 0 Å². The van der Waals surface area contributed by atoms with Crippen LogP contribution in [0.1, 0.15) is 19.0 Å². The number of hydrazine groups is 1. The van der Waals surface area contributed by atoms with Crippen LogP contribution in [0.15, 0.2) is 18.2 Å². The molecule has 3 amide bonds. The number of aliphatic hydroxyl groups is 2. The molecule has 4 N–H and O–H groups in total. The van der Waals surface area contributed by atoms with Crippen LogP contribution >= 0.6 is 0 Å². The number of hydrogen-bond acceptors (Lipinski definition) is 6. The summed E-state index contributed by atoms with van der Waals surface area (Å²) in [6.07, 6.45) is -5.96. The Morgan fingerprint density at radius 3 is 2.44 bits per heavy atom. The van der Waals surface area contributed by atoms with Crippen LogP contribution in [0.2, 0.25) is 0 Å². The molecule has 1 aromatic heterocycles. The van der Waals surface area contributed by atoms with Crippen LogP contribution in [0.4, 0.5) is 22.5 Å². The number of pyridine rings is 1. The van der Waals surface area contributed by atoms with Gasteiger partial charge in [0, 0.05) is 24.1 Å². The molecule has 1 fully saturated rings. The number of nitrogens with one attached hydrogen (secondary N) is 2. The second-order valence-corrected chi connectivity index (χ2v) is 5.42. The molecule has 0 spiro atoms. The molecule has 0 radical (unpaired) electrons. The van der Waals surface area contributed by atoms with Crippen molar-refractivity contribution in [3.63, 3.8) is 0 Å². The van der Waals surface area contributed by atoms with Crippen molar-refractivity contribution in [1.82, 2.24) is 20.7 Å². The van der Waals surface area contributed by atoms with Gasteiger partial charge < -0.3 is 15.1 Å².